The zero-order valence-electron chi connectivity index (χ0n) is 19.1. The number of hydrogen-bond acceptors (Lipinski definition) is 5. The van der Waals surface area contributed by atoms with Crippen LogP contribution in [0.5, 0.6) is 0 Å². The smallest absolute Gasteiger partial charge is 0.256 e. The first-order valence-electron chi connectivity index (χ1n) is 11.1. The molecular formula is C24H28N6O2. The van der Waals surface area contributed by atoms with Crippen LogP contribution in [0.25, 0.3) is 11.0 Å². The average Bonchev–Trinajstić information content (AvgIpc) is 3.33. The molecule has 8 heteroatoms. The van der Waals surface area contributed by atoms with Crippen LogP contribution in [-0.4, -0.2) is 30.5 Å². The number of pyridine rings is 1. The van der Waals surface area contributed by atoms with Crippen molar-refractivity contribution in [2.24, 2.45) is 0 Å². The Hall–Kier alpha value is -3.42. The van der Waals surface area contributed by atoms with E-state index in [1.807, 2.05) is 48.3 Å². The lowest BCUT2D eigenvalue weighted by Crippen LogP contribution is -2.15. The van der Waals surface area contributed by atoms with Gasteiger partial charge in [-0.1, -0.05) is 0 Å². The average molecular weight is 433 g/mol. The van der Waals surface area contributed by atoms with Gasteiger partial charge in [0.1, 0.15) is 18.1 Å². The lowest BCUT2D eigenvalue weighted by atomic mass is 10.1. The highest BCUT2D eigenvalue weighted by molar-refractivity contribution is 6.12. The van der Waals surface area contributed by atoms with Gasteiger partial charge in [0.15, 0.2) is 5.65 Å². The monoisotopic (exact) mass is 432 g/mol. The number of amides is 1. The topological polar surface area (TPSA) is 90.8 Å². The fourth-order valence-corrected chi connectivity index (χ4v) is 4.20. The van der Waals surface area contributed by atoms with E-state index in [4.69, 9.17) is 9.40 Å². The summed E-state index contributed by atoms with van der Waals surface area (Å²) in [5.41, 5.74) is 4.77. The second kappa shape index (κ2) is 7.62. The molecule has 1 saturated carbocycles. The summed E-state index contributed by atoms with van der Waals surface area (Å²) in [7, 11) is 0. The molecule has 0 bridgehead atoms. The summed E-state index contributed by atoms with van der Waals surface area (Å²) in [6.07, 6.45) is 3.93. The lowest BCUT2D eigenvalue weighted by molar-refractivity contribution is 0.102. The third-order valence-electron chi connectivity index (χ3n) is 6.02. The molecule has 4 aromatic heterocycles. The van der Waals surface area contributed by atoms with E-state index < -0.39 is 0 Å². The Kier molecular flexibility index (Phi) is 4.87. The van der Waals surface area contributed by atoms with Gasteiger partial charge >= 0.3 is 0 Å². The molecule has 1 aliphatic rings. The van der Waals surface area contributed by atoms with Crippen LogP contribution in [0.15, 0.2) is 28.8 Å². The molecule has 0 aromatic carbocycles. The number of anilines is 1. The van der Waals surface area contributed by atoms with Crippen molar-refractivity contribution in [1.82, 2.24) is 24.5 Å². The number of hydrogen-bond donors (Lipinski definition) is 1. The summed E-state index contributed by atoms with van der Waals surface area (Å²) in [5, 5.41) is 13.0. The third kappa shape index (κ3) is 3.59. The number of aromatic nitrogens is 5. The SMILES string of the molecule is Cc1ccc(Cn2ncc3c(C(=O)Nc4c(C)nn(C(C)C)c4C)cc(C4CC4)nc32)o1. The molecule has 0 spiro atoms. The van der Waals surface area contributed by atoms with E-state index in [0.29, 0.717) is 23.7 Å². The van der Waals surface area contributed by atoms with E-state index in [9.17, 15) is 4.79 Å². The molecule has 1 amide bonds. The van der Waals surface area contributed by atoms with Gasteiger partial charge in [-0.05, 0) is 65.7 Å². The summed E-state index contributed by atoms with van der Waals surface area (Å²) in [6, 6.07) is 6.02. The number of aryl methyl sites for hydroxylation is 2. The molecule has 0 unspecified atom stereocenters. The van der Waals surface area contributed by atoms with Gasteiger partial charge in [0.2, 0.25) is 0 Å². The zero-order chi connectivity index (χ0) is 22.6. The van der Waals surface area contributed by atoms with Crippen molar-refractivity contribution in [1.29, 1.82) is 0 Å². The molecule has 8 nitrogen and oxygen atoms in total. The summed E-state index contributed by atoms with van der Waals surface area (Å²) in [6.45, 7) is 10.4. The molecule has 1 N–H and O–H groups in total. The predicted molar refractivity (Wildman–Crippen MR) is 122 cm³/mol. The maximum Gasteiger partial charge on any atom is 0.256 e. The predicted octanol–water partition coefficient (Wildman–Crippen LogP) is 4.90. The van der Waals surface area contributed by atoms with E-state index in [-0.39, 0.29) is 11.9 Å². The van der Waals surface area contributed by atoms with E-state index in [1.165, 1.54) is 0 Å². The van der Waals surface area contributed by atoms with Crippen molar-refractivity contribution in [3.8, 4) is 0 Å². The first kappa shape index (κ1) is 20.5. The van der Waals surface area contributed by atoms with E-state index in [0.717, 1.165) is 52.5 Å². The first-order valence-corrected chi connectivity index (χ1v) is 11.1. The highest BCUT2D eigenvalue weighted by Gasteiger charge is 2.28. The van der Waals surface area contributed by atoms with Gasteiger partial charge in [0.25, 0.3) is 5.91 Å². The second-order valence-electron chi connectivity index (χ2n) is 8.96. The van der Waals surface area contributed by atoms with Crippen molar-refractivity contribution in [2.75, 3.05) is 5.32 Å². The maximum absolute atomic E-state index is 13.4. The molecule has 4 aromatic rings. The third-order valence-corrected chi connectivity index (χ3v) is 6.02. The van der Waals surface area contributed by atoms with Gasteiger partial charge in [-0.2, -0.15) is 10.2 Å². The molecule has 0 saturated heterocycles. The Morgan fingerprint density at radius 1 is 1.25 bits per heavy atom. The van der Waals surface area contributed by atoms with E-state index in [2.05, 4.69) is 29.4 Å². The molecule has 0 aliphatic heterocycles. The quantitative estimate of drug-likeness (QED) is 0.468. The molecule has 166 valence electrons. The highest BCUT2D eigenvalue weighted by Crippen LogP contribution is 2.40. The van der Waals surface area contributed by atoms with Crippen LogP contribution in [-0.2, 0) is 6.54 Å². The number of rotatable bonds is 6. The molecule has 5 rings (SSSR count). The van der Waals surface area contributed by atoms with E-state index in [1.54, 1.807) is 6.20 Å². The largest absolute Gasteiger partial charge is 0.464 e. The minimum Gasteiger partial charge on any atom is -0.464 e. The summed E-state index contributed by atoms with van der Waals surface area (Å²) in [5.74, 6) is 1.91. The number of carbonyl (C=O) groups is 1. The molecule has 0 atom stereocenters. The van der Waals surface area contributed by atoms with Gasteiger partial charge < -0.3 is 9.73 Å². The minimum absolute atomic E-state index is 0.165. The molecule has 4 heterocycles. The number of carbonyl (C=O) groups excluding carboxylic acids is 1. The van der Waals surface area contributed by atoms with Crippen LogP contribution in [0.1, 0.15) is 77.6 Å². The van der Waals surface area contributed by atoms with Gasteiger partial charge in [-0.3, -0.25) is 9.48 Å². The van der Waals surface area contributed by atoms with Crippen LogP contribution in [0.2, 0.25) is 0 Å². The van der Waals surface area contributed by atoms with Gasteiger partial charge in [0, 0.05) is 17.7 Å². The van der Waals surface area contributed by atoms with Crippen LogP contribution >= 0.6 is 0 Å². The van der Waals surface area contributed by atoms with Crippen LogP contribution in [0, 0.1) is 20.8 Å². The van der Waals surface area contributed by atoms with Gasteiger partial charge in [-0.15, -0.1) is 0 Å². The molecule has 32 heavy (non-hydrogen) atoms. The van der Waals surface area contributed by atoms with Crippen molar-refractivity contribution in [3.05, 3.63) is 58.6 Å². The Labute approximate surface area is 186 Å². The molecule has 1 fully saturated rings. The highest BCUT2D eigenvalue weighted by atomic mass is 16.3. The van der Waals surface area contributed by atoms with Crippen molar-refractivity contribution < 1.29 is 9.21 Å². The standard InChI is InChI=1S/C24H28N6O2/c1-13(2)30-16(5)22(15(4)28-30)27-24(31)19-10-21(17-7-8-17)26-23-20(19)11-25-29(23)12-18-9-6-14(3)32-18/h6,9-11,13,17H,7-8,12H2,1-5H3,(H,27,31). The molecule has 0 radical (unpaired) electrons. The van der Waals surface area contributed by atoms with Gasteiger partial charge in [0.05, 0.1) is 34.2 Å². The molecular weight excluding hydrogens is 404 g/mol. The fourth-order valence-electron chi connectivity index (χ4n) is 4.20. The van der Waals surface area contributed by atoms with Crippen LogP contribution in [0.3, 0.4) is 0 Å². The van der Waals surface area contributed by atoms with Crippen LogP contribution in [0.4, 0.5) is 5.69 Å². The van der Waals surface area contributed by atoms with E-state index >= 15 is 0 Å². The van der Waals surface area contributed by atoms with Crippen molar-refractivity contribution >= 4 is 22.6 Å². The Bertz CT molecular complexity index is 1320. The Balaban J connectivity index is 1.54. The number of nitrogens with one attached hydrogen (secondary N) is 1. The Morgan fingerprint density at radius 3 is 2.66 bits per heavy atom. The minimum atomic E-state index is -0.165. The summed E-state index contributed by atoms with van der Waals surface area (Å²) in [4.78, 5) is 18.3. The van der Waals surface area contributed by atoms with Crippen molar-refractivity contribution in [3.63, 3.8) is 0 Å². The number of fused-ring (bicyclic) bond motifs is 1. The second-order valence-corrected chi connectivity index (χ2v) is 8.96. The maximum atomic E-state index is 13.4. The summed E-state index contributed by atoms with van der Waals surface area (Å²) >= 11 is 0. The molecule has 1 aliphatic carbocycles. The number of nitrogens with zero attached hydrogens (tertiary/aromatic N) is 5. The van der Waals surface area contributed by atoms with Crippen molar-refractivity contribution in [2.45, 2.75) is 66.0 Å². The first-order chi connectivity index (χ1) is 15.3. The van der Waals surface area contributed by atoms with Crippen LogP contribution < -0.4 is 5.32 Å². The fraction of sp³-hybridized carbons (Fsp3) is 0.417. The van der Waals surface area contributed by atoms with Gasteiger partial charge in [-0.25, -0.2) is 9.67 Å². The zero-order valence-corrected chi connectivity index (χ0v) is 19.1. The Morgan fingerprint density at radius 2 is 2.03 bits per heavy atom. The summed E-state index contributed by atoms with van der Waals surface area (Å²) < 4.78 is 9.47. The number of furan rings is 1. The normalized spacial score (nSPS) is 13.9. The lowest BCUT2D eigenvalue weighted by Gasteiger charge is -2.11.